The van der Waals surface area contributed by atoms with Gasteiger partial charge in [-0.1, -0.05) is 38.0 Å². The summed E-state index contributed by atoms with van der Waals surface area (Å²) < 4.78 is 0. The molecule has 0 aliphatic carbocycles. The quantitative estimate of drug-likeness (QED) is 0.761. The predicted octanol–water partition coefficient (Wildman–Crippen LogP) is 3.75. The first kappa shape index (κ1) is 15.0. The van der Waals surface area contributed by atoms with Crippen molar-refractivity contribution < 1.29 is 4.79 Å². The molecule has 1 aromatic carbocycles. The van der Waals surface area contributed by atoms with E-state index in [2.05, 4.69) is 22.5 Å². The van der Waals surface area contributed by atoms with Gasteiger partial charge in [0.05, 0.1) is 0 Å². The van der Waals surface area contributed by atoms with E-state index in [1.54, 1.807) is 18.3 Å². The summed E-state index contributed by atoms with van der Waals surface area (Å²) in [4.78, 5) is 16.3. The summed E-state index contributed by atoms with van der Waals surface area (Å²) in [5.41, 5.74) is 1.57. The lowest BCUT2D eigenvalue weighted by Gasteiger charge is -2.08. The summed E-state index contributed by atoms with van der Waals surface area (Å²) in [5, 5.41) is 6.11. The molecule has 0 bridgehead atoms. The van der Waals surface area contributed by atoms with Gasteiger partial charge in [0.25, 0.3) is 5.91 Å². The Hall–Kier alpha value is -2.36. The van der Waals surface area contributed by atoms with Gasteiger partial charge in [-0.25, -0.2) is 4.98 Å². The smallest absolute Gasteiger partial charge is 0.251 e. The first-order chi connectivity index (χ1) is 10.3. The number of nitrogens with zero attached hydrogens (tertiary/aromatic N) is 1. The number of aromatic nitrogens is 1. The maximum atomic E-state index is 12.0. The van der Waals surface area contributed by atoms with Gasteiger partial charge in [0.2, 0.25) is 0 Å². The number of anilines is 2. The second-order valence-corrected chi connectivity index (χ2v) is 4.88. The molecule has 0 spiro atoms. The van der Waals surface area contributed by atoms with Crippen molar-refractivity contribution in [3.8, 4) is 0 Å². The average molecular weight is 283 g/mol. The zero-order valence-corrected chi connectivity index (χ0v) is 12.3. The van der Waals surface area contributed by atoms with Gasteiger partial charge in [0.1, 0.15) is 5.82 Å². The van der Waals surface area contributed by atoms with Gasteiger partial charge < -0.3 is 10.6 Å². The van der Waals surface area contributed by atoms with Crippen LogP contribution in [0.5, 0.6) is 0 Å². The highest BCUT2D eigenvalue weighted by Crippen LogP contribution is 2.14. The number of para-hydroxylation sites is 1. The Morgan fingerprint density at radius 2 is 1.95 bits per heavy atom. The van der Waals surface area contributed by atoms with E-state index in [1.807, 2.05) is 30.3 Å². The number of pyridine rings is 1. The Kier molecular flexibility index (Phi) is 5.76. The van der Waals surface area contributed by atoms with Crippen LogP contribution in [0.3, 0.4) is 0 Å². The molecule has 4 heteroatoms. The summed E-state index contributed by atoms with van der Waals surface area (Å²) >= 11 is 0. The molecule has 21 heavy (non-hydrogen) atoms. The zero-order chi connectivity index (χ0) is 14.9. The van der Waals surface area contributed by atoms with E-state index in [1.165, 1.54) is 0 Å². The van der Waals surface area contributed by atoms with E-state index < -0.39 is 0 Å². The first-order valence-electron chi connectivity index (χ1n) is 7.36. The molecule has 0 saturated heterocycles. The summed E-state index contributed by atoms with van der Waals surface area (Å²) in [6.45, 7) is 2.86. The van der Waals surface area contributed by atoms with E-state index in [9.17, 15) is 4.79 Å². The van der Waals surface area contributed by atoms with Crippen molar-refractivity contribution in [3.05, 3.63) is 54.2 Å². The molecule has 1 heterocycles. The third-order valence-corrected chi connectivity index (χ3v) is 3.13. The third-order valence-electron chi connectivity index (χ3n) is 3.13. The van der Waals surface area contributed by atoms with Crippen LogP contribution in [0.15, 0.2) is 48.7 Å². The monoisotopic (exact) mass is 283 g/mol. The molecule has 0 atom stereocenters. The first-order valence-corrected chi connectivity index (χ1v) is 7.36. The number of hydrogen-bond acceptors (Lipinski definition) is 3. The van der Waals surface area contributed by atoms with Crippen molar-refractivity contribution in [2.45, 2.75) is 26.2 Å². The maximum Gasteiger partial charge on any atom is 0.251 e. The maximum absolute atomic E-state index is 12.0. The molecule has 110 valence electrons. The van der Waals surface area contributed by atoms with Crippen LogP contribution < -0.4 is 10.6 Å². The topological polar surface area (TPSA) is 54.0 Å². The van der Waals surface area contributed by atoms with Crippen LogP contribution in [-0.4, -0.2) is 17.4 Å². The number of benzene rings is 1. The molecule has 0 aliphatic heterocycles. The molecule has 2 aromatic rings. The van der Waals surface area contributed by atoms with Crippen LogP contribution in [0.4, 0.5) is 11.5 Å². The fourth-order valence-corrected chi connectivity index (χ4v) is 1.99. The number of rotatable bonds is 7. The largest absolute Gasteiger partial charge is 0.352 e. The molecular formula is C17H21N3O. The Bertz CT molecular complexity index is 569. The Morgan fingerprint density at radius 1 is 1.14 bits per heavy atom. The lowest BCUT2D eigenvalue weighted by atomic mass is 10.2. The minimum Gasteiger partial charge on any atom is -0.352 e. The molecule has 0 fully saturated rings. The highest BCUT2D eigenvalue weighted by molar-refractivity contribution is 5.94. The lowest BCUT2D eigenvalue weighted by Crippen LogP contribution is -2.24. The van der Waals surface area contributed by atoms with Crippen LogP contribution in [-0.2, 0) is 0 Å². The number of hydrogen-bond donors (Lipinski definition) is 2. The fourth-order valence-electron chi connectivity index (χ4n) is 1.99. The van der Waals surface area contributed by atoms with Crippen molar-refractivity contribution in [1.82, 2.24) is 10.3 Å². The summed E-state index contributed by atoms with van der Waals surface area (Å²) in [5.74, 6) is 0.618. The highest BCUT2D eigenvalue weighted by Gasteiger charge is 2.06. The molecule has 1 aromatic heterocycles. The average Bonchev–Trinajstić information content (AvgIpc) is 2.53. The van der Waals surface area contributed by atoms with Crippen LogP contribution in [0.2, 0.25) is 0 Å². The Morgan fingerprint density at radius 3 is 2.71 bits per heavy atom. The molecule has 0 saturated carbocycles. The van der Waals surface area contributed by atoms with Crippen LogP contribution >= 0.6 is 0 Å². The summed E-state index contributed by atoms with van der Waals surface area (Å²) in [6, 6.07) is 13.3. The lowest BCUT2D eigenvalue weighted by molar-refractivity contribution is 0.0953. The molecule has 0 aliphatic rings. The van der Waals surface area contributed by atoms with E-state index in [4.69, 9.17) is 0 Å². The number of nitrogens with one attached hydrogen (secondary N) is 2. The van der Waals surface area contributed by atoms with Gasteiger partial charge in [-0.3, -0.25) is 4.79 Å². The van der Waals surface area contributed by atoms with Gasteiger partial charge in [0, 0.05) is 24.0 Å². The summed E-state index contributed by atoms with van der Waals surface area (Å²) in [6.07, 6.45) is 4.95. The van der Waals surface area contributed by atoms with Gasteiger partial charge in [0.15, 0.2) is 0 Å². The summed E-state index contributed by atoms with van der Waals surface area (Å²) in [7, 11) is 0. The molecule has 2 N–H and O–H groups in total. The normalized spacial score (nSPS) is 10.1. The van der Waals surface area contributed by atoms with Crippen LogP contribution in [0, 0.1) is 0 Å². The van der Waals surface area contributed by atoms with Crippen LogP contribution in [0.1, 0.15) is 36.5 Å². The van der Waals surface area contributed by atoms with Gasteiger partial charge >= 0.3 is 0 Å². The number of carbonyl (C=O) groups excluding carboxylic acids is 1. The van der Waals surface area contributed by atoms with Crippen LogP contribution in [0.25, 0.3) is 0 Å². The van der Waals surface area contributed by atoms with E-state index in [0.29, 0.717) is 11.4 Å². The molecule has 0 unspecified atom stereocenters. The number of carbonyl (C=O) groups is 1. The van der Waals surface area contributed by atoms with Crippen molar-refractivity contribution in [2.24, 2.45) is 0 Å². The predicted molar refractivity (Wildman–Crippen MR) is 85.8 cm³/mol. The van der Waals surface area contributed by atoms with Crippen molar-refractivity contribution in [2.75, 3.05) is 11.9 Å². The second-order valence-electron chi connectivity index (χ2n) is 4.88. The molecule has 1 amide bonds. The Balaban J connectivity index is 1.95. The fraction of sp³-hybridized carbons (Fsp3) is 0.294. The zero-order valence-electron chi connectivity index (χ0n) is 12.3. The van der Waals surface area contributed by atoms with Gasteiger partial charge in [-0.2, -0.15) is 0 Å². The van der Waals surface area contributed by atoms with Gasteiger partial charge in [-0.05, 0) is 30.7 Å². The van der Waals surface area contributed by atoms with Crippen molar-refractivity contribution in [3.63, 3.8) is 0 Å². The minimum atomic E-state index is -0.0513. The highest BCUT2D eigenvalue weighted by atomic mass is 16.1. The van der Waals surface area contributed by atoms with E-state index in [0.717, 1.165) is 31.5 Å². The molecule has 0 radical (unpaired) electrons. The van der Waals surface area contributed by atoms with Gasteiger partial charge in [-0.15, -0.1) is 0 Å². The number of amides is 1. The Labute approximate surface area is 125 Å². The molecule has 2 rings (SSSR count). The standard InChI is InChI=1S/C17H21N3O/c1-2-3-7-11-19-17(21)14-10-12-18-16(13-14)20-15-8-5-4-6-9-15/h4-6,8-10,12-13H,2-3,7,11H2,1H3,(H,18,20)(H,19,21). The van der Waals surface area contributed by atoms with E-state index in [-0.39, 0.29) is 5.91 Å². The van der Waals surface area contributed by atoms with Crippen molar-refractivity contribution >= 4 is 17.4 Å². The molecule has 4 nitrogen and oxygen atoms in total. The second kappa shape index (κ2) is 8.04. The molecular weight excluding hydrogens is 262 g/mol. The third kappa shape index (κ3) is 4.91. The van der Waals surface area contributed by atoms with Crippen molar-refractivity contribution in [1.29, 1.82) is 0 Å². The SMILES string of the molecule is CCCCCNC(=O)c1ccnc(Nc2ccccc2)c1. The number of unbranched alkanes of at least 4 members (excludes halogenated alkanes) is 2. The minimum absolute atomic E-state index is 0.0513. The van der Waals surface area contributed by atoms with E-state index >= 15 is 0 Å².